The molecule has 0 saturated carbocycles. The van der Waals surface area contributed by atoms with Gasteiger partial charge in [0.15, 0.2) is 0 Å². The van der Waals surface area contributed by atoms with Crippen molar-refractivity contribution in [3.63, 3.8) is 0 Å². The molecule has 0 radical (unpaired) electrons. The molecular weight excluding hydrogens is 339 g/mol. The van der Waals surface area contributed by atoms with E-state index in [0.29, 0.717) is 5.75 Å². The fourth-order valence-corrected chi connectivity index (χ4v) is 2.62. The lowest BCUT2D eigenvalue weighted by molar-refractivity contribution is -0.116. The summed E-state index contributed by atoms with van der Waals surface area (Å²) < 4.78 is 0. The van der Waals surface area contributed by atoms with Gasteiger partial charge >= 0.3 is 5.97 Å². The van der Waals surface area contributed by atoms with Crippen molar-refractivity contribution in [3.05, 3.63) is 27.7 Å². The molecule has 0 bridgehead atoms. The van der Waals surface area contributed by atoms with Crippen LogP contribution < -0.4 is 11.1 Å². The number of thioether (sulfide) groups is 1. The van der Waals surface area contributed by atoms with Crippen LogP contribution in [0.3, 0.4) is 0 Å². The van der Waals surface area contributed by atoms with E-state index in [4.69, 9.17) is 34.0 Å². The number of carbonyl (C=O) groups excluding carboxylic acids is 2. The van der Waals surface area contributed by atoms with Crippen molar-refractivity contribution in [1.29, 1.82) is 0 Å². The van der Waals surface area contributed by atoms with E-state index in [1.165, 1.54) is 23.9 Å². The molecule has 0 aromatic heterocycles. The van der Waals surface area contributed by atoms with E-state index in [1.807, 2.05) is 0 Å². The van der Waals surface area contributed by atoms with Gasteiger partial charge in [-0.3, -0.25) is 9.59 Å². The third-order valence-corrected chi connectivity index (χ3v) is 3.77. The summed E-state index contributed by atoms with van der Waals surface area (Å²) in [5, 5.41) is 11.7. The van der Waals surface area contributed by atoms with Crippen LogP contribution >= 0.6 is 35.0 Å². The predicted octanol–water partition coefficient (Wildman–Crippen LogP) is 2.24. The summed E-state index contributed by atoms with van der Waals surface area (Å²) in [5.74, 6) is -1.64. The number of anilines is 1. The SMILES string of the molecule is NC(=O)CSCCC(=O)Nc1c(Cl)cc(Cl)cc1C(=O)O. The average molecular weight is 351 g/mol. The van der Waals surface area contributed by atoms with E-state index in [9.17, 15) is 14.4 Å². The number of nitrogens with two attached hydrogens (primary N) is 1. The van der Waals surface area contributed by atoms with Crippen LogP contribution in [0.1, 0.15) is 16.8 Å². The van der Waals surface area contributed by atoms with Crippen molar-refractivity contribution >= 4 is 58.4 Å². The number of primary amides is 1. The van der Waals surface area contributed by atoms with Gasteiger partial charge < -0.3 is 16.2 Å². The van der Waals surface area contributed by atoms with Gasteiger partial charge in [-0.15, -0.1) is 0 Å². The Morgan fingerprint density at radius 3 is 2.52 bits per heavy atom. The fraction of sp³-hybridized carbons (Fsp3) is 0.250. The molecule has 1 aromatic rings. The molecule has 114 valence electrons. The monoisotopic (exact) mass is 350 g/mol. The topological polar surface area (TPSA) is 109 Å². The van der Waals surface area contributed by atoms with Crippen LogP contribution in [0.5, 0.6) is 0 Å². The summed E-state index contributed by atoms with van der Waals surface area (Å²) in [6.07, 6.45) is 0.0932. The van der Waals surface area contributed by atoms with E-state index in [-0.39, 0.29) is 33.5 Å². The quantitative estimate of drug-likeness (QED) is 0.653. The van der Waals surface area contributed by atoms with Crippen molar-refractivity contribution < 1.29 is 19.5 Å². The minimum atomic E-state index is -1.25. The lowest BCUT2D eigenvalue weighted by Crippen LogP contribution is -2.17. The van der Waals surface area contributed by atoms with Gasteiger partial charge in [0.05, 0.1) is 22.0 Å². The maximum absolute atomic E-state index is 11.7. The first-order valence-corrected chi connectivity index (χ1v) is 7.60. The maximum atomic E-state index is 11.7. The summed E-state index contributed by atoms with van der Waals surface area (Å²) in [6, 6.07) is 2.54. The summed E-state index contributed by atoms with van der Waals surface area (Å²) >= 11 is 12.8. The smallest absolute Gasteiger partial charge is 0.337 e. The molecule has 0 heterocycles. The van der Waals surface area contributed by atoms with Gasteiger partial charge in [0, 0.05) is 17.2 Å². The highest BCUT2D eigenvalue weighted by Crippen LogP contribution is 2.30. The number of nitrogens with one attached hydrogen (secondary N) is 1. The first-order valence-electron chi connectivity index (χ1n) is 5.69. The van der Waals surface area contributed by atoms with Crippen molar-refractivity contribution in [1.82, 2.24) is 0 Å². The number of hydrogen-bond acceptors (Lipinski definition) is 4. The number of halogens is 2. The average Bonchev–Trinajstić information content (AvgIpc) is 2.37. The van der Waals surface area contributed by atoms with Crippen LogP contribution in [0.15, 0.2) is 12.1 Å². The Morgan fingerprint density at radius 2 is 1.95 bits per heavy atom. The molecular formula is C12H12Cl2N2O4S. The Kier molecular flexibility index (Phi) is 6.80. The Bertz CT molecular complexity index is 581. The zero-order valence-corrected chi connectivity index (χ0v) is 13.0. The van der Waals surface area contributed by atoms with E-state index >= 15 is 0 Å². The number of aromatic carboxylic acids is 1. The molecule has 0 saturated heterocycles. The number of hydrogen-bond donors (Lipinski definition) is 3. The number of carboxylic acid groups (broad SMARTS) is 1. The minimum absolute atomic E-state index is 0.00142. The number of amides is 2. The van der Waals surface area contributed by atoms with Gasteiger partial charge in [0.1, 0.15) is 0 Å². The van der Waals surface area contributed by atoms with Crippen LogP contribution in [-0.2, 0) is 9.59 Å². The van der Waals surface area contributed by atoms with E-state index in [2.05, 4.69) is 5.32 Å². The number of rotatable bonds is 7. The largest absolute Gasteiger partial charge is 0.478 e. The Hall–Kier alpha value is -1.44. The second-order valence-electron chi connectivity index (χ2n) is 3.93. The molecule has 9 heteroatoms. The molecule has 0 unspecified atom stereocenters. The maximum Gasteiger partial charge on any atom is 0.337 e. The molecule has 2 amide bonds. The predicted molar refractivity (Wildman–Crippen MR) is 83.2 cm³/mol. The molecule has 1 aromatic carbocycles. The molecule has 0 aliphatic carbocycles. The lowest BCUT2D eigenvalue weighted by Gasteiger charge is -2.11. The Morgan fingerprint density at radius 1 is 1.29 bits per heavy atom. The van der Waals surface area contributed by atoms with E-state index in [1.54, 1.807) is 0 Å². The summed E-state index contributed by atoms with van der Waals surface area (Å²) in [6.45, 7) is 0. The van der Waals surface area contributed by atoms with Gasteiger partial charge in [0.25, 0.3) is 0 Å². The van der Waals surface area contributed by atoms with Gasteiger partial charge in [0.2, 0.25) is 11.8 Å². The molecule has 0 aliphatic heterocycles. The number of carbonyl (C=O) groups is 3. The molecule has 21 heavy (non-hydrogen) atoms. The highest BCUT2D eigenvalue weighted by molar-refractivity contribution is 7.99. The number of benzene rings is 1. The van der Waals surface area contributed by atoms with Crippen LogP contribution in [0.4, 0.5) is 5.69 Å². The lowest BCUT2D eigenvalue weighted by atomic mass is 10.1. The zero-order chi connectivity index (χ0) is 16.0. The normalized spacial score (nSPS) is 10.2. The number of carboxylic acids is 1. The molecule has 0 fully saturated rings. The molecule has 0 aliphatic rings. The minimum Gasteiger partial charge on any atom is -0.478 e. The van der Waals surface area contributed by atoms with Gasteiger partial charge in [-0.25, -0.2) is 4.79 Å². The van der Waals surface area contributed by atoms with Crippen molar-refractivity contribution in [2.24, 2.45) is 5.73 Å². The molecule has 0 atom stereocenters. The fourth-order valence-electron chi connectivity index (χ4n) is 1.41. The van der Waals surface area contributed by atoms with Crippen molar-refractivity contribution in [3.8, 4) is 0 Å². The van der Waals surface area contributed by atoms with Crippen molar-refractivity contribution in [2.75, 3.05) is 16.8 Å². The second-order valence-corrected chi connectivity index (χ2v) is 5.88. The molecule has 0 spiro atoms. The first-order chi connectivity index (χ1) is 9.81. The van der Waals surface area contributed by atoms with Crippen LogP contribution in [0.2, 0.25) is 10.0 Å². The summed E-state index contributed by atoms with van der Waals surface area (Å²) in [7, 11) is 0. The van der Waals surface area contributed by atoms with Gasteiger partial charge in [-0.2, -0.15) is 11.8 Å². The van der Waals surface area contributed by atoms with E-state index < -0.39 is 17.8 Å². The van der Waals surface area contributed by atoms with Crippen LogP contribution in [0.25, 0.3) is 0 Å². The highest BCUT2D eigenvalue weighted by Gasteiger charge is 2.17. The highest BCUT2D eigenvalue weighted by atomic mass is 35.5. The van der Waals surface area contributed by atoms with E-state index in [0.717, 1.165) is 0 Å². The third-order valence-electron chi connectivity index (χ3n) is 2.27. The van der Waals surface area contributed by atoms with Gasteiger partial charge in [-0.1, -0.05) is 23.2 Å². The second kappa shape index (κ2) is 8.11. The Balaban J connectivity index is 2.72. The van der Waals surface area contributed by atoms with Crippen molar-refractivity contribution in [2.45, 2.75) is 6.42 Å². The third kappa shape index (κ3) is 5.82. The molecule has 4 N–H and O–H groups in total. The van der Waals surface area contributed by atoms with Crippen LogP contribution in [-0.4, -0.2) is 34.4 Å². The summed E-state index contributed by atoms with van der Waals surface area (Å²) in [4.78, 5) is 33.4. The first kappa shape index (κ1) is 17.6. The molecule has 6 nitrogen and oxygen atoms in total. The zero-order valence-electron chi connectivity index (χ0n) is 10.7. The van der Waals surface area contributed by atoms with Crippen LogP contribution in [0, 0.1) is 0 Å². The van der Waals surface area contributed by atoms with Gasteiger partial charge in [-0.05, 0) is 12.1 Å². The molecule has 1 rings (SSSR count). The standard InChI is InChI=1S/C12H12Cl2N2O4S/c13-6-3-7(12(19)20)11(8(14)4-6)16-10(18)1-2-21-5-9(15)17/h3-4H,1-2,5H2,(H2,15,17)(H,16,18)(H,19,20). The summed E-state index contributed by atoms with van der Waals surface area (Å²) in [5.41, 5.74) is 4.77. The Labute approximate surface area is 135 Å².